The number of aliphatic hydroxyl groups excluding tert-OH is 1. The molecule has 1 fully saturated rings. The number of rotatable bonds is 7. The van der Waals surface area contributed by atoms with Gasteiger partial charge >= 0.3 is 0 Å². The molecule has 1 amide bonds. The van der Waals surface area contributed by atoms with Gasteiger partial charge in [-0.2, -0.15) is 0 Å². The van der Waals surface area contributed by atoms with Gasteiger partial charge in [0.1, 0.15) is 5.82 Å². The maximum Gasteiger partial charge on any atom is 0.251 e. The predicted octanol–water partition coefficient (Wildman–Crippen LogP) is 3.65. The van der Waals surface area contributed by atoms with Crippen LogP contribution in [0, 0.1) is 0 Å². The Morgan fingerprint density at radius 1 is 0.919 bits per heavy atom. The van der Waals surface area contributed by atoms with Gasteiger partial charge in [0, 0.05) is 48.1 Å². The number of morpholine rings is 1. The highest BCUT2D eigenvalue weighted by Crippen LogP contribution is 2.28. The predicted molar refractivity (Wildman–Crippen MR) is 144 cm³/mol. The molecule has 4 aromatic rings. The molecule has 188 valence electrons. The van der Waals surface area contributed by atoms with Gasteiger partial charge in [0.2, 0.25) is 0 Å². The summed E-state index contributed by atoms with van der Waals surface area (Å²) in [5.41, 5.74) is 11.1. The van der Waals surface area contributed by atoms with Crippen LogP contribution in [0.25, 0.3) is 22.6 Å². The summed E-state index contributed by atoms with van der Waals surface area (Å²) in [6, 6.07) is 24.4. The van der Waals surface area contributed by atoms with Gasteiger partial charge in [0.15, 0.2) is 5.82 Å². The molecule has 4 N–H and O–H groups in total. The smallest absolute Gasteiger partial charge is 0.251 e. The second kappa shape index (κ2) is 11.2. The monoisotopic (exact) mass is 495 g/mol. The van der Waals surface area contributed by atoms with Gasteiger partial charge in [0.05, 0.1) is 25.5 Å². The van der Waals surface area contributed by atoms with Crippen LogP contribution in [0.3, 0.4) is 0 Å². The molecule has 0 unspecified atom stereocenters. The molecule has 37 heavy (non-hydrogen) atoms. The van der Waals surface area contributed by atoms with Crippen LogP contribution in [0.4, 0.5) is 11.5 Å². The summed E-state index contributed by atoms with van der Waals surface area (Å²) in [5, 5.41) is 12.6. The van der Waals surface area contributed by atoms with E-state index in [2.05, 4.69) is 10.2 Å². The van der Waals surface area contributed by atoms with Crippen molar-refractivity contribution in [3.05, 3.63) is 95.6 Å². The van der Waals surface area contributed by atoms with E-state index in [-0.39, 0.29) is 12.5 Å². The number of anilines is 2. The Morgan fingerprint density at radius 2 is 1.68 bits per heavy atom. The zero-order chi connectivity index (χ0) is 25.6. The molecule has 0 aliphatic carbocycles. The average molecular weight is 496 g/mol. The molecule has 0 atom stereocenters. The SMILES string of the molecule is Nc1ccc(CNC(=O)c2cccc(-c3cc(N4CCOCC4)nc(-c4cccc(CO)c4)n3)c2)cc1. The quantitative estimate of drug-likeness (QED) is 0.335. The van der Waals surface area contributed by atoms with E-state index < -0.39 is 0 Å². The molecule has 0 radical (unpaired) electrons. The number of nitrogens with zero attached hydrogens (tertiary/aromatic N) is 3. The third-order valence-corrected chi connectivity index (χ3v) is 6.27. The van der Waals surface area contributed by atoms with E-state index in [4.69, 9.17) is 20.4 Å². The van der Waals surface area contributed by atoms with E-state index in [1.54, 1.807) is 6.07 Å². The van der Waals surface area contributed by atoms with Gasteiger partial charge in [-0.1, -0.05) is 42.5 Å². The van der Waals surface area contributed by atoms with Crippen LogP contribution in [-0.2, 0) is 17.9 Å². The van der Waals surface area contributed by atoms with Gasteiger partial charge < -0.3 is 25.8 Å². The fourth-order valence-electron chi connectivity index (χ4n) is 4.21. The van der Waals surface area contributed by atoms with Crippen molar-refractivity contribution >= 4 is 17.4 Å². The van der Waals surface area contributed by atoms with Crippen LogP contribution in [0.15, 0.2) is 78.9 Å². The number of nitrogens with two attached hydrogens (primary N) is 1. The Morgan fingerprint density at radius 3 is 2.46 bits per heavy atom. The van der Waals surface area contributed by atoms with Crippen LogP contribution in [-0.4, -0.2) is 47.3 Å². The molecular formula is C29H29N5O3. The molecule has 1 aliphatic heterocycles. The number of hydrogen-bond acceptors (Lipinski definition) is 7. The number of nitrogen functional groups attached to an aromatic ring is 1. The number of aliphatic hydroxyl groups is 1. The summed E-state index contributed by atoms with van der Waals surface area (Å²) < 4.78 is 5.52. The Balaban J connectivity index is 1.46. The Hall–Kier alpha value is -4.27. The largest absolute Gasteiger partial charge is 0.399 e. The second-order valence-electron chi connectivity index (χ2n) is 8.90. The lowest BCUT2D eigenvalue weighted by Gasteiger charge is -2.28. The van der Waals surface area contributed by atoms with Crippen molar-refractivity contribution in [2.45, 2.75) is 13.2 Å². The standard InChI is InChI=1S/C29H29N5O3/c30-25-9-7-20(8-10-25)18-31-29(36)24-6-2-4-22(16-24)26-17-27(34-11-13-37-14-12-34)33-28(32-26)23-5-1-3-21(15-23)19-35/h1-10,15-17,35H,11-14,18-19,30H2,(H,31,36). The highest BCUT2D eigenvalue weighted by atomic mass is 16.5. The first-order valence-corrected chi connectivity index (χ1v) is 12.2. The zero-order valence-electron chi connectivity index (χ0n) is 20.4. The van der Waals surface area contributed by atoms with Gasteiger partial charge in [-0.05, 0) is 41.5 Å². The van der Waals surface area contributed by atoms with E-state index in [1.807, 2.05) is 72.8 Å². The minimum absolute atomic E-state index is 0.0582. The van der Waals surface area contributed by atoms with E-state index in [0.29, 0.717) is 42.5 Å². The van der Waals surface area contributed by atoms with Crippen LogP contribution < -0.4 is 16.0 Å². The minimum Gasteiger partial charge on any atom is -0.399 e. The second-order valence-corrected chi connectivity index (χ2v) is 8.90. The summed E-state index contributed by atoms with van der Waals surface area (Å²) in [7, 11) is 0. The third kappa shape index (κ3) is 5.94. The third-order valence-electron chi connectivity index (χ3n) is 6.27. The summed E-state index contributed by atoms with van der Waals surface area (Å²) in [6.07, 6.45) is 0. The van der Waals surface area contributed by atoms with Crippen molar-refractivity contribution in [3.63, 3.8) is 0 Å². The number of carbonyl (C=O) groups is 1. The van der Waals surface area contributed by atoms with Crippen LogP contribution in [0.1, 0.15) is 21.5 Å². The zero-order valence-corrected chi connectivity index (χ0v) is 20.4. The van der Waals surface area contributed by atoms with Crippen LogP contribution in [0.5, 0.6) is 0 Å². The lowest BCUT2D eigenvalue weighted by molar-refractivity contribution is 0.0951. The van der Waals surface area contributed by atoms with Crippen molar-refractivity contribution < 1.29 is 14.6 Å². The van der Waals surface area contributed by atoms with Crippen molar-refractivity contribution in [2.75, 3.05) is 36.9 Å². The number of carbonyl (C=O) groups excluding carboxylic acids is 1. The molecule has 1 aromatic heterocycles. The van der Waals surface area contributed by atoms with E-state index in [9.17, 15) is 9.90 Å². The molecule has 3 aromatic carbocycles. The number of aromatic nitrogens is 2. The van der Waals surface area contributed by atoms with Gasteiger partial charge in [0.25, 0.3) is 5.91 Å². The van der Waals surface area contributed by atoms with Crippen molar-refractivity contribution in [1.29, 1.82) is 0 Å². The number of ether oxygens (including phenoxy) is 1. The lowest BCUT2D eigenvalue weighted by atomic mass is 10.1. The summed E-state index contributed by atoms with van der Waals surface area (Å²) in [4.78, 5) is 24.8. The number of hydrogen-bond donors (Lipinski definition) is 3. The number of nitrogens with one attached hydrogen (secondary N) is 1. The molecule has 2 heterocycles. The van der Waals surface area contributed by atoms with E-state index in [0.717, 1.165) is 41.2 Å². The molecule has 5 rings (SSSR count). The number of amides is 1. The summed E-state index contributed by atoms with van der Waals surface area (Å²) in [5.74, 6) is 1.19. The molecule has 0 saturated carbocycles. The highest BCUT2D eigenvalue weighted by molar-refractivity contribution is 5.95. The first-order valence-electron chi connectivity index (χ1n) is 12.2. The molecule has 8 nitrogen and oxygen atoms in total. The molecule has 1 aliphatic rings. The maximum atomic E-state index is 12.9. The van der Waals surface area contributed by atoms with Crippen LogP contribution in [0.2, 0.25) is 0 Å². The van der Waals surface area contributed by atoms with Gasteiger partial charge in [-0.25, -0.2) is 9.97 Å². The molecule has 1 saturated heterocycles. The van der Waals surface area contributed by atoms with E-state index >= 15 is 0 Å². The first-order chi connectivity index (χ1) is 18.1. The van der Waals surface area contributed by atoms with Gasteiger partial charge in [-0.15, -0.1) is 0 Å². The van der Waals surface area contributed by atoms with E-state index in [1.165, 1.54) is 0 Å². The van der Waals surface area contributed by atoms with Gasteiger partial charge in [-0.3, -0.25) is 4.79 Å². The normalized spacial score (nSPS) is 13.4. The Kier molecular flexibility index (Phi) is 7.39. The molecule has 0 bridgehead atoms. The highest BCUT2D eigenvalue weighted by Gasteiger charge is 2.17. The lowest BCUT2D eigenvalue weighted by Crippen LogP contribution is -2.36. The fourth-order valence-corrected chi connectivity index (χ4v) is 4.21. The Labute approximate surface area is 215 Å². The Bertz CT molecular complexity index is 1380. The first kappa shape index (κ1) is 24.4. The fraction of sp³-hybridized carbons (Fsp3) is 0.207. The maximum absolute atomic E-state index is 12.9. The van der Waals surface area contributed by atoms with Crippen molar-refractivity contribution in [3.8, 4) is 22.6 Å². The average Bonchev–Trinajstić information content (AvgIpc) is 2.97. The van der Waals surface area contributed by atoms with Crippen LogP contribution >= 0.6 is 0 Å². The summed E-state index contributed by atoms with van der Waals surface area (Å²) >= 11 is 0. The minimum atomic E-state index is -0.169. The topological polar surface area (TPSA) is 114 Å². The molecule has 0 spiro atoms. The van der Waals surface area contributed by atoms with Crippen molar-refractivity contribution in [2.24, 2.45) is 0 Å². The molecule has 8 heteroatoms. The number of benzene rings is 3. The summed E-state index contributed by atoms with van der Waals surface area (Å²) in [6.45, 7) is 3.09. The van der Waals surface area contributed by atoms with Crippen molar-refractivity contribution in [1.82, 2.24) is 15.3 Å². The molecular weight excluding hydrogens is 466 g/mol.